The quantitative estimate of drug-likeness (QED) is 0.492. The van der Waals surface area contributed by atoms with Gasteiger partial charge in [0.25, 0.3) is 0 Å². The van der Waals surface area contributed by atoms with Crippen LogP contribution in [-0.4, -0.2) is 30.5 Å². The largest absolute Gasteiger partial charge is 0.386 e. The van der Waals surface area contributed by atoms with E-state index >= 15 is 0 Å². The van der Waals surface area contributed by atoms with E-state index in [4.69, 9.17) is 10.7 Å². The number of fused-ring (bicyclic) bond motifs is 3. The van der Waals surface area contributed by atoms with Crippen molar-refractivity contribution in [2.45, 2.75) is 57.1 Å². The molecule has 1 aliphatic rings. The van der Waals surface area contributed by atoms with Crippen LogP contribution >= 0.6 is 0 Å². The van der Waals surface area contributed by atoms with Crippen LogP contribution in [0.1, 0.15) is 56.8 Å². The molecule has 0 radical (unpaired) electrons. The van der Waals surface area contributed by atoms with Gasteiger partial charge in [0.1, 0.15) is 5.82 Å². The predicted octanol–water partition coefficient (Wildman–Crippen LogP) is 4.09. The van der Waals surface area contributed by atoms with Gasteiger partial charge in [-0.1, -0.05) is 30.7 Å². The molecule has 0 saturated heterocycles. The van der Waals surface area contributed by atoms with Gasteiger partial charge < -0.3 is 15.8 Å². The molecule has 0 spiro atoms. The smallest absolute Gasteiger partial charge is 0.154 e. The zero-order chi connectivity index (χ0) is 20.2. The normalized spacial score (nSPS) is 20.6. The van der Waals surface area contributed by atoms with Gasteiger partial charge in [-0.3, -0.25) is 4.40 Å². The molecule has 0 aliphatic heterocycles. The molecule has 5 rings (SSSR count). The topological polar surface area (TPSA) is 92.2 Å². The van der Waals surface area contributed by atoms with E-state index in [-0.39, 0.29) is 6.04 Å². The van der Waals surface area contributed by atoms with Crippen LogP contribution < -0.4 is 5.73 Å². The van der Waals surface area contributed by atoms with E-state index in [1.54, 1.807) is 13.8 Å². The average molecular weight is 390 g/mol. The van der Waals surface area contributed by atoms with Crippen molar-refractivity contribution in [1.29, 1.82) is 0 Å². The second kappa shape index (κ2) is 6.68. The molecule has 0 unspecified atom stereocenters. The summed E-state index contributed by atoms with van der Waals surface area (Å²) in [5, 5.41) is 10.3. The van der Waals surface area contributed by atoms with Crippen molar-refractivity contribution in [1.82, 2.24) is 19.4 Å². The standard InChI is InChI=1S/C23H27N5O/c1-23(2,29)16-8-6-14(7-9-16)20-19-13-26-21-18(10-11-25-21)28(19)22(27-20)15-4-3-5-17(24)12-15/h6-11,13,15,17,25,29H,3-5,12,24H2,1-2H3/t15-,17-/m1/s1. The Labute approximate surface area is 169 Å². The predicted molar refractivity (Wildman–Crippen MR) is 115 cm³/mol. The zero-order valence-corrected chi connectivity index (χ0v) is 16.9. The monoisotopic (exact) mass is 389 g/mol. The lowest BCUT2D eigenvalue weighted by Crippen LogP contribution is -2.27. The minimum absolute atomic E-state index is 0.235. The molecule has 4 aromatic rings. The van der Waals surface area contributed by atoms with Crippen molar-refractivity contribution < 1.29 is 5.11 Å². The summed E-state index contributed by atoms with van der Waals surface area (Å²) < 4.78 is 2.25. The highest BCUT2D eigenvalue weighted by Gasteiger charge is 2.27. The Balaban J connectivity index is 1.70. The summed E-state index contributed by atoms with van der Waals surface area (Å²) in [6, 6.07) is 10.3. The molecule has 3 heterocycles. The van der Waals surface area contributed by atoms with Crippen LogP contribution in [0.3, 0.4) is 0 Å². The van der Waals surface area contributed by atoms with E-state index in [9.17, 15) is 5.11 Å². The van der Waals surface area contributed by atoms with Gasteiger partial charge in [-0.25, -0.2) is 9.97 Å². The second-order valence-corrected chi connectivity index (χ2v) is 8.77. The lowest BCUT2D eigenvalue weighted by molar-refractivity contribution is 0.0786. The number of rotatable bonds is 3. The summed E-state index contributed by atoms with van der Waals surface area (Å²) in [6.45, 7) is 3.59. The van der Waals surface area contributed by atoms with Gasteiger partial charge in [0.15, 0.2) is 5.65 Å². The third-order valence-electron chi connectivity index (χ3n) is 6.14. The SMILES string of the molecule is CC(C)(O)c1ccc(-c2nc([C@@H]3CCC[C@@H](N)C3)n3c2cnc2[nH]ccc23)cc1. The molecule has 150 valence electrons. The maximum Gasteiger partial charge on any atom is 0.154 e. The van der Waals surface area contributed by atoms with Crippen LogP contribution in [0.15, 0.2) is 42.7 Å². The number of aromatic amines is 1. The van der Waals surface area contributed by atoms with Crippen molar-refractivity contribution in [3.05, 3.63) is 54.1 Å². The van der Waals surface area contributed by atoms with E-state index in [2.05, 4.69) is 20.4 Å². The van der Waals surface area contributed by atoms with Crippen molar-refractivity contribution in [3.8, 4) is 11.3 Å². The lowest BCUT2D eigenvalue weighted by atomic mass is 9.85. The number of H-pyrrole nitrogens is 1. The van der Waals surface area contributed by atoms with E-state index < -0.39 is 5.60 Å². The van der Waals surface area contributed by atoms with Crippen molar-refractivity contribution in [2.75, 3.05) is 0 Å². The van der Waals surface area contributed by atoms with Gasteiger partial charge in [-0.2, -0.15) is 0 Å². The lowest BCUT2D eigenvalue weighted by Gasteiger charge is -2.25. The van der Waals surface area contributed by atoms with Gasteiger partial charge in [-0.15, -0.1) is 0 Å². The summed E-state index contributed by atoms with van der Waals surface area (Å²) in [6.07, 6.45) is 8.12. The van der Waals surface area contributed by atoms with E-state index in [1.165, 1.54) is 0 Å². The van der Waals surface area contributed by atoms with E-state index in [1.807, 2.05) is 36.7 Å². The van der Waals surface area contributed by atoms with Crippen LogP contribution in [0.25, 0.3) is 27.9 Å². The summed E-state index contributed by atoms with van der Waals surface area (Å²) in [5.41, 5.74) is 11.2. The number of benzene rings is 1. The zero-order valence-electron chi connectivity index (χ0n) is 16.9. The molecular weight excluding hydrogens is 362 g/mol. The third-order valence-corrected chi connectivity index (χ3v) is 6.14. The highest BCUT2D eigenvalue weighted by atomic mass is 16.3. The molecule has 1 aromatic carbocycles. The molecule has 6 nitrogen and oxygen atoms in total. The third kappa shape index (κ3) is 3.12. The Morgan fingerprint density at radius 2 is 1.93 bits per heavy atom. The van der Waals surface area contributed by atoms with Crippen LogP contribution in [0, 0.1) is 0 Å². The number of aliphatic hydroxyl groups is 1. The van der Waals surface area contributed by atoms with Crippen LogP contribution in [0.2, 0.25) is 0 Å². The molecule has 1 aliphatic carbocycles. The first-order valence-electron chi connectivity index (χ1n) is 10.3. The Bertz CT molecular complexity index is 1170. The number of nitrogens with one attached hydrogen (secondary N) is 1. The molecule has 1 fully saturated rings. The number of nitrogens with two attached hydrogens (primary N) is 1. The van der Waals surface area contributed by atoms with Crippen LogP contribution in [0.4, 0.5) is 0 Å². The highest BCUT2D eigenvalue weighted by Crippen LogP contribution is 2.36. The Hall–Kier alpha value is -2.70. The van der Waals surface area contributed by atoms with Crippen LogP contribution in [-0.2, 0) is 5.60 Å². The summed E-state index contributed by atoms with van der Waals surface area (Å²) in [7, 11) is 0. The second-order valence-electron chi connectivity index (χ2n) is 8.77. The summed E-state index contributed by atoms with van der Waals surface area (Å²) in [5.74, 6) is 1.42. The minimum Gasteiger partial charge on any atom is -0.386 e. The van der Waals surface area contributed by atoms with Gasteiger partial charge >= 0.3 is 0 Å². The minimum atomic E-state index is -0.864. The Morgan fingerprint density at radius 3 is 2.66 bits per heavy atom. The maximum absolute atomic E-state index is 10.3. The Morgan fingerprint density at radius 1 is 1.14 bits per heavy atom. The van der Waals surface area contributed by atoms with Gasteiger partial charge in [-0.05, 0) is 44.7 Å². The maximum atomic E-state index is 10.3. The molecule has 6 heteroatoms. The fourth-order valence-corrected chi connectivity index (χ4v) is 4.57. The van der Waals surface area contributed by atoms with E-state index in [0.29, 0.717) is 5.92 Å². The first kappa shape index (κ1) is 18.3. The first-order valence-corrected chi connectivity index (χ1v) is 10.3. The number of aromatic nitrogens is 4. The number of hydrogen-bond acceptors (Lipinski definition) is 4. The van der Waals surface area contributed by atoms with Crippen LogP contribution in [0.5, 0.6) is 0 Å². The molecular formula is C23H27N5O. The average Bonchev–Trinajstić information content (AvgIpc) is 3.31. The first-order chi connectivity index (χ1) is 13.9. The number of hydrogen-bond donors (Lipinski definition) is 3. The van der Waals surface area contributed by atoms with Crippen molar-refractivity contribution in [3.63, 3.8) is 0 Å². The van der Waals surface area contributed by atoms with Crippen molar-refractivity contribution >= 4 is 16.7 Å². The molecule has 29 heavy (non-hydrogen) atoms. The number of imidazole rings is 1. The molecule has 0 amide bonds. The van der Waals surface area contributed by atoms with E-state index in [0.717, 1.165) is 65.0 Å². The molecule has 3 aromatic heterocycles. The summed E-state index contributed by atoms with van der Waals surface area (Å²) in [4.78, 5) is 12.9. The molecule has 1 saturated carbocycles. The van der Waals surface area contributed by atoms with Gasteiger partial charge in [0.05, 0.1) is 28.5 Å². The van der Waals surface area contributed by atoms with Gasteiger partial charge in [0.2, 0.25) is 0 Å². The fraction of sp³-hybridized carbons (Fsp3) is 0.391. The summed E-state index contributed by atoms with van der Waals surface area (Å²) >= 11 is 0. The fourth-order valence-electron chi connectivity index (χ4n) is 4.57. The highest BCUT2D eigenvalue weighted by molar-refractivity contribution is 5.84. The van der Waals surface area contributed by atoms with Crippen molar-refractivity contribution in [2.24, 2.45) is 5.73 Å². The molecule has 4 N–H and O–H groups in total. The molecule has 0 bridgehead atoms. The molecule has 2 atom stereocenters. The number of nitrogens with zero attached hydrogens (tertiary/aromatic N) is 3. The Kier molecular flexibility index (Phi) is 4.22. The van der Waals surface area contributed by atoms with Gasteiger partial charge in [0, 0.05) is 23.7 Å².